The molecule has 18 heavy (non-hydrogen) atoms. The fourth-order valence-corrected chi connectivity index (χ4v) is 4.82. The van der Waals surface area contributed by atoms with Crippen LogP contribution in [0, 0.1) is 17.8 Å². The van der Waals surface area contributed by atoms with Crippen LogP contribution >= 0.6 is 15.9 Å². The van der Waals surface area contributed by atoms with Gasteiger partial charge in [-0.05, 0) is 58.2 Å². The lowest BCUT2D eigenvalue weighted by molar-refractivity contribution is -0.139. The maximum atomic E-state index is 10.2. The summed E-state index contributed by atoms with van der Waals surface area (Å²) in [5.74, 6) is 1.74. The van der Waals surface area contributed by atoms with Crippen LogP contribution in [0.15, 0.2) is 22.9 Å². The molecule has 4 aliphatic rings. The summed E-state index contributed by atoms with van der Waals surface area (Å²) in [6.45, 7) is 2.12. The van der Waals surface area contributed by atoms with Gasteiger partial charge in [-0.3, -0.25) is 9.88 Å². The normalized spacial score (nSPS) is 45.4. The highest BCUT2D eigenvalue weighted by atomic mass is 79.9. The second kappa shape index (κ2) is 4.02. The summed E-state index contributed by atoms with van der Waals surface area (Å²) < 4.78 is 1.06. The van der Waals surface area contributed by atoms with Crippen molar-refractivity contribution in [1.29, 1.82) is 0 Å². The maximum absolute atomic E-state index is 10.2. The standard InChI is InChI=1S/C14H17BrN2O/c15-12-3-9(4-16-5-12)13-8-1-10-6-17(13)7-11(2-8)14(10)18/h3-5,8,10-11,13-14,18H,1-2,6-7H2. The van der Waals surface area contributed by atoms with Crippen LogP contribution in [0.1, 0.15) is 24.4 Å². The third-order valence-corrected chi connectivity index (χ3v) is 5.46. The molecule has 0 amide bonds. The molecule has 0 spiro atoms. The summed E-state index contributed by atoms with van der Waals surface area (Å²) in [6, 6.07) is 2.73. The van der Waals surface area contributed by atoms with Gasteiger partial charge >= 0.3 is 0 Å². The van der Waals surface area contributed by atoms with Crippen molar-refractivity contribution in [2.75, 3.05) is 13.1 Å². The Bertz CT molecular complexity index is 449. The van der Waals surface area contributed by atoms with Gasteiger partial charge in [-0.2, -0.15) is 0 Å². The Morgan fingerprint density at radius 1 is 1.17 bits per heavy atom. The minimum Gasteiger partial charge on any atom is -0.392 e. The zero-order chi connectivity index (χ0) is 12.3. The Labute approximate surface area is 115 Å². The quantitative estimate of drug-likeness (QED) is 0.864. The van der Waals surface area contributed by atoms with Gasteiger partial charge in [0.15, 0.2) is 0 Å². The van der Waals surface area contributed by atoms with E-state index in [4.69, 9.17) is 0 Å². The Hall–Kier alpha value is -0.450. The van der Waals surface area contributed by atoms with Crippen LogP contribution in [0.5, 0.6) is 0 Å². The van der Waals surface area contributed by atoms with Gasteiger partial charge in [0.2, 0.25) is 0 Å². The highest BCUT2D eigenvalue weighted by Crippen LogP contribution is 2.52. The van der Waals surface area contributed by atoms with Gasteiger partial charge in [-0.25, -0.2) is 0 Å². The smallest absolute Gasteiger partial charge is 0.0621 e. The lowest BCUT2D eigenvalue weighted by Crippen LogP contribution is -2.61. The van der Waals surface area contributed by atoms with Crippen molar-refractivity contribution in [2.24, 2.45) is 17.8 Å². The number of pyridine rings is 1. The third kappa shape index (κ3) is 1.59. The molecule has 0 radical (unpaired) electrons. The SMILES string of the molecule is OC1C2CC3CC1CN(C2)C3c1cncc(Br)c1. The number of piperidine rings is 3. The number of aromatic nitrogens is 1. The summed E-state index contributed by atoms with van der Waals surface area (Å²) in [7, 11) is 0. The largest absolute Gasteiger partial charge is 0.392 e. The minimum absolute atomic E-state index is 0.0425. The number of aliphatic hydroxyl groups excluding tert-OH is 1. The van der Waals surface area contributed by atoms with Crippen molar-refractivity contribution < 1.29 is 5.11 Å². The molecular weight excluding hydrogens is 292 g/mol. The van der Waals surface area contributed by atoms with Gasteiger partial charge in [0.1, 0.15) is 0 Å². The second-order valence-electron chi connectivity index (χ2n) is 6.08. The number of hydrogen-bond acceptors (Lipinski definition) is 3. The number of hydrogen-bond donors (Lipinski definition) is 1. The van der Waals surface area contributed by atoms with Crippen LogP contribution in [0.4, 0.5) is 0 Å². The van der Waals surface area contributed by atoms with E-state index in [0.29, 0.717) is 23.8 Å². The van der Waals surface area contributed by atoms with E-state index in [1.54, 1.807) is 0 Å². The van der Waals surface area contributed by atoms with Crippen molar-refractivity contribution in [3.8, 4) is 0 Å². The van der Waals surface area contributed by atoms with Gasteiger partial charge < -0.3 is 5.11 Å². The van der Waals surface area contributed by atoms with Crippen LogP contribution in [-0.4, -0.2) is 34.2 Å². The zero-order valence-corrected chi connectivity index (χ0v) is 11.8. The second-order valence-corrected chi connectivity index (χ2v) is 6.99. The van der Waals surface area contributed by atoms with E-state index in [2.05, 4.69) is 31.9 Å². The molecule has 3 unspecified atom stereocenters. The van der Waals surface area contributed by atoms with Crippen LogP contribution in [0.3, 0.4) is 0 Å². The molecule has 1 aromatic heterocycles. The number of rotatable bonds is 1. The lowest BCUT2D eigenvalue weighted by Gasteiger charge is -2.58. The first-order chi connectivity index (χ1) is 8.72. The van der Waals surface area contributed by atoms with E-state index < -0.39 is 0 Å². The van der Waals surface area contributed by atoms with Crippen LogP contribution < -0.4 is 0 Å². The molecule has 1 saturated carbocycles. The van der Waals surface area contributed by atoms with Gasteiger partial charge in [0.25, 0.3) is 0 Å². The molecule has 4 fully saturated rings. The Balaban J connectivity index is 1.68. The third-order valence-electron chi connectivity index (χ3n) is 5.02. The summed E-state index contributed by atoms with van der Waals surface area (Å²) >= 11 is 3.52. The van der Waals surface area contributed by atoms with E-state index >= 15 is 0 Å². The number of halogens is 1. The minimum atomic E-state index is -0.0425. The van der Waals surface area contributed by atoms with Gasteiger partial charge in [-0.15, -0.1) is 0 Å². The first-order valence-corrected chi connectivity index (χ1v) is 7.54. The molecule has 96 valence electrons. The van der Waals surface area contributed by atoms with Crippen molar-refractivity contribution >= 4 is 15.9 Å². The van der Waals surface area contributed by atoms with Crippen molar-refractivity contribution in [3.63, 3.8) is 0 Å². The van der Waals surface area contributed by atoms with Crippen molar-refractivity contribution in [1.82, 2.24) is 9.88 Å². The molecule has 3 atom stereocenters. The van der Waals surface area contributed by atoms with E-state index in [0.717, 1.165) is 17.6 Å². The highest BCUT2D eigenvalue weighted by Gasteiger charge is 2.51. The molecule has 5 rings (SSSR count). The molecule has 1 N–H and O–H groups in total. The van der Waals surface area contributed by atoms with Gasteiger partial charge in [0.05, 0.1) is 6.10 Å². The maximum Gasteiger partial charge on any atom is 0.0621 e. The van der Waals surface area contributed by atoms with Crippen LogP contribution in [0.25, 0.3) is 0 Å². The van der Waals surface area contributed by atoms with Crippen molar-refractivity contribution in [2.45, 2.75) is 25.0 Å². The Morgan fingerprint density at radius 3 is 2.50 bits per heavy atom. The monoisotopic (exact) mass is 308 g/mol. The molecule has 3 saturated heterocycles. The average Bonchev–Trinajstić information content (AvgIpc) is 2.34. The zero-order valence-electron chi connectivity index (χ0n) is 10.2. The molecule has 4 heteroatoms. The molecule has 3 aliphatic heterocycles. The highest BCUT2D eigenvalue weighted by molar-refractivity contribution is 9.10. The molecule has 1 aromatic rings. The predicted molar refractivity (Wildman–Crippen MR) is 72.0 cm³/mol. The topological polar surface area (TPSA) is 36.4 Å². The lowest BCUT2D eigenvalue weighted by atomic mass is 9.62. The molecule has 1 aliphatic carbocycles. The van der Waals surface area contributed by atoms with E-state index in [1.807, 2.05) is 12.4 Å². The summed E-state index contributed by atoms with van der Waals surface area (Å²) in [5.41, 5.74) is 1.34. The summed E-state index contributed by atoms with van der Waals surface area (Å²) in [5, 5.41) is 10.2. The number of aliphatic hydroxyl groups is 1. The number of nitrogens with zero attached hydrogens (tertiary/aromatic N) is 2. The average molecular weight is 309 g/mol. The van der Waals surface area contributed by atoms with Crippen molar-refractivity contribution in [3.05, 3.63) is 28.5 Å². The van der Waals surface area contributed by atoms with Gasteiger partial charge in [0, 0.05) is 36.0 Å². The van der Waals surface area contributed by atoms with Gasteiger partial charge in [-0.1, -0.05) is 0 Å². The molecular formula is C14H17BrN2O. The van der Waals surface area contributed by atoms with E-state index in [-0.39, 0.29) is 6.10 Å². The fourth-order valence-electron chi connectivity index (χ4n) is 4.44. The Morgan fingerprint density at radius 2 is 1.89 bits per heavy atom. The van der Waals surface area contributed by atoms with E-state index in [9.17, 15) is 5.11 Å². The molecule has 4 bridgehead atoms. The van der Waals surface area contributed by atoms with E-state index in [1.165, 1.54) is 18.4 Å². The molecule has 4 heterocycles. The molecule has 0 aromatic carbocycles. The first-order valence-electron chi connectivity index (χ1n) is 6.75. The predicted octanol–water partition coefficient (Wildman–Crippen LogP) is 2.22. The Kier molecular flexibility index (Phi) is 2.54. The summed E-state index contributed by atoms with van der Waals surface area (Å²) in [6.07, 6.45) is 6.18. The first kappa shape index (κ1) is 11.4. The van der Waals surface area contributed by atoms with Crippen LogP contribution in [-0.2, 0) is 0 Å². The summed E-state index contributed by atoms with van der Waals surface area (Å²) in [4.78, 5) is 6.88. The fraction of sp³-hybridized carbons (Fsp3) is 0.643. The van der Waals surface area contributed by atoms with Crippen LogP contribution in [0.2, 0.25) is 0 Å². The molecule has 3 nitrogen and oxygen atoms in total.